The fraction of sp³-hybridized carbons (Fsp3) is 0.304. The molecule has 5 heterocycles. The zero-order valence-corrected chi connectivity index (χ0v) is 66.7. The van der Waals surface area contributed by atoms with Gasteiger partial charge in [-0.2, -0.15) is 39.5 Å². The molecular weight excluding hydrogens is 1560 g/mol. The van der Waals surface area contributed by atoms with E-state index in [9.17, 15) is 67.1 Å². The van der Waals surface area contributed by atoms with E-state index in [4.69, 9.17) is 4.98 Å². The van der Waals surface area contributed by atoms with Gasteiger partial charge in [0, 0.05) is 158 Å². The lowest BCUT2D eigenvalue weighted by Gasteiger charge is -2.39. The minimum absolute atomic E-state index is 0.117. The average molecular weight is 1660 g/mol. The van der Waals surface area contributed by atoms with Gasteiger partial charge in [-0.3, -0.25) is 14.7 Å². The monoisotopic (exact) mass is 1660 g/mol. The number of urea groups is 3. The van der Waals surface area contributed by atoms with E-state index < -0.39 is 70.8 Å². The Morgan fingerprint density at radius 3 is 1.19 bits per heavy atom. The smallest absolute Gasteiger partial charge is 0.377 e. The van der Waals surface area contributed by atoms with Gasteiger partial charge in [0.25, 0.3) is 0 Å². The lowest BCUT2D eigenvalue weighted by Crippen LogP contribution is -2.48. The van der Waals surface area contributed by atoms with Crippen LogP contribution in [0.4, 0.5) is 89.8 Å². The predicted octanol–water partition coefficient (Wildman–Crippen LogP) is 21.2. The standard InChI is InChI=1S/C33H34F4N4O.C30H30F4N4O.C29H29F4N5O/c1-39(2)31-13-12-24(29-10-6-7-11-30(29)31)22-40-16-14-28(15-17-40)41(21-23-8-4-3-5-9-23)32(42)38-27-19-25(33(35,36)37)18-26(34)20-27;1-36-12-9-23-15-22(7-8-28(23)36)19-37-13-10-27(11-14-37)38(20-21-5-3-2-4-6-21)29(39)35-26-17-24(30(32,33)34)16-25(31)18-26;1-36-26-10-6-5-9-25(26)35-27(36)19-37-13-11-24(12-14-37)38(18-20-7-3-2-4-8-20)28(39)34-23-16-21(29(31,32)33)15-22(30)17-23/h3-13,18-20,28H,14-17,21-22H2,1-2H3,(H,38,42);2-9,12,15-18,27H,10-11,13-14,19-20H2,1H3,(H,35,39);2-10,15-17,24H,11-14,18-19H2,1H3,(H,34,39). The van der Waals surface area contributed by atoms with Crippen LogP contribution in [-0.2, 0) is 71.9 Å². The quantitative estimate of drug-likeness (QED) is 0.0682. The molecule has 3 saturated heterocycles. The highest BCUT2D eigenvalue weighted by atomic mass is 19.4. The highest BCUT2D eigenvalue weighted by Crippen LogP contribution is 2.38. The van der Waals surface area contributed by atoms with E-state index >= 15 is 0 Å². The number of imidazole rings is 1. The second-order valence-corrected chi connectivity index (χ2v) is 30.9. The number of rotatable bonds is 19. The summed E-state index contributed by atoms with van der Waals surface area (Å²) in [5.74, 6) is -2.23. The maximum absolute atomic E-state index is 14.0. The molecule has 3 N–H and O–H groups in total. The van der Waals surface area contributed by atoms with Crippen molar-refractivity contribution in [2.75, 3.05) is 74.2 Å². The molecule has 2 aromatic heterocycles. The molecule has 0 spiro atoms. The summed E-state index contributed by atoms with van der Waals surface area (Å²) >= 11 is 0. The molecule has 628 valence electrons. The zero-order chi connectivity index (χ0) is 85.0. The van der Waals surface area contributed by atoms with Crippen molar-refractivity contribution in [3.8, 4) is 0 Å². The number of carbonyl (C=O) groups excluding carboxylic acids is 3. The lowest BCUT2D eigenvalue weighted by molar-refractivity contribution is -0.138. The average Bonchev–Trinajstić information content (AvgIpc) is 0.799. The van der Waals surface area contributed by atoms with Gasteiger partial charge in [-0.15, -0.1) is 0 Å². The summed E-state index contributed by atoms with van der Waals surface area (Å²) in [7, 11) is 8.09. The highest BCUT2D eigenvalue weighted by molar-refractivity contribution is 5.97. The van der Waals surface area contributed by atoms with Crippen LogP contribution >= 0.6 is 0 Å². The lowest BCUT2D eigenvalue weighted by atomic mass is 9.99. The molecule has 28 heteroatoms. The van der Waals surface area contributed by atoms with Gasteiger partial charge in [-0.05, 0) is 168 Å². The SMILES string of the molecule is CN(C)c1ccc(CN2CCC(N(Cc3ccccc3)C(=O)Nc3cc(F)cc(C(F)(F)F)c3)CC2)c2ccccc12.Cn1c(CN2CCC(N(Cc3ccccc3)C(=O)Nc3cc(F)cc(C(F)(F)F)c3)CC2)nc2ccccc21.Cn1ccc2cc(CN3CCC(N(Cc4ccccc4)C(=O)Nc4cc(F)cc(C(F)(F)F)c4)CC3)ccc21. The number of anilines is 4. The summed E-state index contributed by atoms with van der Waals surface area (Å²) in [6.45, 7) is 7.62. The first-order valence-electron chi connectivity index (χ1n) is 39.7. The second kappa shape index (κ2) is 38.0. The van der Waals surface area contributed by atoms with Crippen molar-refractivity contribution in [2.24, 2.45) is 14.1 Å². The maximum Gasteiger partial charge on any atom is 0.416 e. The Bertz CT molecular complexity index is 5490. The number of nitrogens with one attached hydrogen (secondary N) is 3. The number of halogens is 12. The first kappa shape index (κ1) is 86.0. The number of amides is 6. The summed E-state index contributed by atoms with van der Waals surface area (Å²) in [6, 6.07) is 61.7. The van der Waals surface area contributed by atoms with E-state index in [2.05, 4.69) is 93.2 Å². The Hall–Kier alpha value is -11.9. The highest BCUT2D eigenvalue weighted by Gasteiger charge is 2.37. The molecule has 0 saturated carbocycles. The Morgan fingerprint density at radius 2 is 0.783 bits per heavy atom. The second-order valence-electron chi connectivity index (χ2n) is 30.9. The number of hydrogen-bond donors (Lipinski definition) is 3. The summed E-state index contributed by atoms with van der Waals surface area (Å²) in [6.07, 6.45) is -7.94. The molecule has 0 unspecified atom stereocenters. The molecule has 0 bridgehead atoms. The van der Waals surface area contributed by atoms with Crippen LogP contribution in [0, 0.1) is 17.5 Å². The Labute approximate surface area is 688 Å². The third kappa shape index (κ3) is 22.3. The van der Waals surface area contributed by atoms with Crippen LogP contribution in [0.2, 0.25) is 0 Å². The third-order valence-electron chi connectivity index (χ3n) is 22.3. The van der Waals surface area contributed by atoms with Crippen LogP contribution in [0.5, 0.6) is 0 Å². The van der Waals surface area contributed by atoms with Gasteiger partial charge in [0.05, 0.1) is 34.3 Å². The molecule has 10 aromatic carbocycles. The molecule has 0 atom stereocenters. The normalized spacial score (nSPS) is 14.9. The molecule has 3 fully saturated rings. The summed E-state index contributed by atoms with van der Waals surface area (Å²) in [4.78, 5) is 59.1. The molecular formula is C92H93F12N13O3. The van der Waals surface area contributed by atoms with Gasteiger partial charge in [0.2, 0.25) is 0 Å². The van der Waals surface area contributed by atoms with Crippen LogP contribution < -0.4 is 20.9 Å². The topological polar surface area (TPSA) is 133 Å². The van der Waals surface area contributed by atoms with Crippen LogP contribution in [0.25, 0.3) is 32.7 Å². The van der Waals surface area contributed by atoms with E-state index in [-0.39, 0.29) is 48.3 Å². The van der Waals surface area contributed by atoms with E-state index in [1.807, 2.05) is 162 Å². The van der Waals surface area contributed by atoms with Crippen LogP contribution in [0.3, 0.4) is 0 Å². The van der Waals surface area contributed by atoms with Crippen LogP contribution in [0.1, 0.15) is 88.9 Å². The van der Waals surface area contributed by atoms with Crippen molar-refractivity contribution in [3.05, 3.63) is 305 Å². The van der Waals surface area contributed by atoms with Gasteiger partial charge in [0.15, 0.2) is 0 Å². The van der Waals surface area contributed by atoms with Crippen molar-refractivity contribution in [3.63, 3.8) is 0 Å². The number of carbonyl (C=O) groups is 3. The number of nitrogens with zero attached hydrogens (tertiary/aromatic N) is 10. The van der Waals surface area contributed by atoms with Crippen molar-refractivity contribution in [1.82, 2.24) is 43.5 Å². The van der Waals surface area contributed by atoms with Gasteiger partial charge in [-0.1, -0.05) is 140 Å². The molecule has 12 aromatic rings. The first-order valence-corrected chi connectivity index (χ1v) is 39.7. The Balaban J connectivity index is 0.000000156. The molecule has 0 aliphatic carbocycles. The van der Waals surface area contributed by atoms with Crippen molar-refractivity contribution in [2.45, 2.75) is 114 Å². The van der Waals surface area contributed by atoms with Gasteiger partial charge in [-0.25, -0.2) is 32.5 Å². The third-order valence-corrected chi connectivity index (χ3v) is 22.3. The van der Waals surface area contributed by atoms with Crippen LogP contribution in [-0.4, -0.2) is 133 Å². The molecule has 16 nitrogen and oxygen atoms in total. The number of hydrogen-bond acceptors (Lipinski definition) is 8. The first-order chi connectivity index (χ1) is 57.4. The minimum Gasteiger partial charge on any atom is -0.377 e. The number of alkyl halides is 9. The zero-order valence-electron chi connectivity index (χ0n) is 66.7. The van der Waals surface area contributed by atoms with E-state index in [1.54, 1.807) is 14.7 Å². The van der Waals surface area contributed by atoms with Crippen molar-refractivity contribution in [1.29, 1.82) is 0 Å². The van der Waals surface area contributed by atoms with Gasteiger partial charge < -0.3 is 44.7 Å². The van der Waals surface area contributed by atoms with Crippen LogP contribution in [0.15, 0.2) is 237 Å². The number of fused-ring (bicyclic) bond motifs is 3. The number of piperidine rings is 3. The molecule has 15 rings (SSSR count). The fourth-order valence-electron chi connectivity index (χ4n) is 16.0. The van der Waals surface area contributed by atoms with E-state index in [1.165, 1.54) is 32.8 Å². The van der Waals surface area contributed by atoms with E-state index in [0.717, 1.165) is 128 Å². The number of likely N-dealkylation sites (tertiary alicyclic amines) is 3. The number of benzene rings is 10. The Kier molecular flexibility index (Phi) is 27.2. The predicted molar refractivity (Wildman–Crippen MR) is 444 cm³/mol. The summed E-state index contributed by atoms with van der Waals surface area (Å²) in [5, 5.41) is 11.2. The molecule has 120 heavy (non-hydrogen) atoms. The van der Waals surface area contributed by atoms with Gasteiger partial charge in [0.1, 0.15) is 23.3 Å². The van der Waals surface area contributed by atoms with Gasteiger partial charge >= 0.3 is 36.6 Å². The number of para-hydroxylation sites is 2. The molecule has 3 aliphatic heterocycles. The fourth-order valence-corrected chi connectivity index (χ4v) is 16.0. The largest absolute Gasteiger partial charge is 0.416 e. The maximum atomic E-state index is 14.0. The van der Waals surface area contributed by atoms with Crippen molar-refractivity contribution < 1.29 is 67.1 Å². The number of aryl methyl sites for hydroxylation is 2. The molecule has 0 radical (unpaired) electrons. The van der Waals surface area contributed by atoms with Crippen molar-refractivity contribution >= 4 is 73.6 Å². The minimum atomic E-state index is -4.73. The molecule has 6 amide bonds. The summed E-state index contributed by atoms with van der Waals surface area (Å²) in [5.41, 5.74) is 5.39. The molecule has 3 aliphatic rings. The Morgan fingerprint density at radius 1 is 0.400 bits per heavy atom. The summed E-state index contributed by atoms with van der Waals surface area (Å²) < 4.78 is 165. The van der Waals surface area contributed by atoms with E-state index in [0.29, 0.717) is 69.8 Å². The number of aromatic nitrogens is 3.